The van der Waals surface area contributed by atoms with Crippen LogP contribution in [0.3, 0.4) is 0 Å². The molecule has 1 atom stereocenters. The molecule has 1 unspecified atom stereocenters. The Morgan fingerprint density at radius 1 is 1.38 bits per heavy atom. The SMILES string of the molecule is COC(=O)C(C)N(C)CC(=O)N1CCCC1. The van der Waals surface area contributed by atoms with Crippen molar-refractivity contribution in [1.82, 2.24) is 9.80 Å². The maximum atomic E-state index is 11.8. The molecule has 1 rings (SSSR count). The van der Waals surface area contributed by atoms with Crippen molar-refractivity contribution in [2.24, 2.45) is 0 Å². The summed E-state index contributed by atoms with van der Waals surface area (Å²) >= 11 is 0. The number of nitrogens with zero attached hydrogens (tertiary/aromatic N) is 2. The minimum atomic E-state index is -0.378. The first kappa shape index (κ1) is 13.0. The summed E-state index contributed by atoms with van der Waals surface area (Å²) in [5, 5.41) is 0. The van der Waals surface area contributed by atoms with Gasteiger partial charge in [0.15, 0.2) is 0 Å². The Kier molecular flexibility index (Phi) is 4.73. The summed E-state index contributed by atoms with van der Waals surface area (Å²) in [7, 11) is 3.12. The lowest BCUT2D eigenvalue weighted by molar-refractivity contribution is -0.146. The molecule has 16 heavy (non-hydrogen) atoms. The molecule has 1 fully saturated rings. The third-order valence-corrected chi connectivity index (χ3v) is 3.05. The lowest BCUT2D eigenvalue weighted by Gasteiger charge is -2.24. The van der Waals surface area contributed by atoms with Gasteiger partial charge in [-0.25, -0.2) is 0 Å². The number of methoxy groups -OCH3 is 1. The van der Waals surface area contributed by atoms with Gasteiger partial charge in [0.2, 0.25) is 5.91 Å². The average Bonchev–Trinajstić information content (AvgIpc) is 2.80. The topological polar surface area (TPSA) is 49.9 Å². The number of ether oxygens (including phenoxy) is 1. The second-order valence-corrected chi connectivity index (χ2v) is 4.20. The van der Waals surface area contributed by atoms with Crippen molar-refractivity contribution < 1.29 is 14.3 Å². The molecule has 5 nitrogen and oxygen atoms in total. The van der Waals surface area contributed by atoms with Crippen LogP contribution >= 0.6 is 0 Å². The van der Waals surface area contributed by atoms with E-state index in [2.05, 4.69) is 4.74 Å². The molecule has 0 spiro atoms. The molecule has 0 saturated carbocycles. The summed E-state index contributed by atoms with van der Waals surface area (Å²) in [6, 6.07) is -0.378. The molecule has 5 heteroatoms. The van der Waals surface area contributed by atoms with Crippen molar-refractivity contribution >= 4 is 11.9 Å². The van der Waals surface area contributed by atoms with Crippen LogP contribution < -0.4 is 0 Å². The Labute approximate surface area is 96.3 Å². The van der Waals surface area contributed by atoms with Gasteiger partial charge >= 0.3 is 5.97 Å². The summed E-state index contributed by atoms with van der Waals surface area (Å²) in [6.07, 6.45) is 2.17. The number of carbonyl (C=O) groups is 2. The third-order valence-electron chi connectivity index (χ3n) is 3.05. The molecule has 1 heterocycles. The first-order valence-electron chi connectivity index (χ1n) is 5.62. The van der Waals surface area contributed by atoms with Crippen LogP contribution in [-0.4, -0.2) is 61.5 Å². The summed E-state index contributed by atoms with van der Waals surface area (Å²) < 4.78 is 4.63. The monoisotopic (exact) mass is 228 g/mol. The average molecular weight is 228 g/mol. The van der Waals surface area contributed by atoms with E-state index >= 15 is 0 Å². The van der Waals surface area contributed by atoms with Gasteiger partial charge < -0.3 is 9.64 Å². The molecule has 92 valence electrons. The highest BCUT2D eigenvalue weighted by molar-refractivity contribution is 5.80. The fourth-order valence-corrected chi connectivity index (χ4v) is 1.77. The van der Waals surface area contributed by atoms with Gasteiger partial charge in [-0.1, -0.05) is 0 Å². The van der Waals surface area contributed by atoms with Gasteiger partial charge in [-0.15, -0.1) is 0 Å². The Hall–Kier alpha value is -1.10. The van der Waals surface area contributed by atoms with Crippen LogP contribution in [0.1, 0.15) is 19.8 Å². The fourth-order valence-electron chi connectivity index (χ4n) is 1.77. The smallest absolute Gasteiger partial charge is 0.322 e. The molecule has 0 N–H and O–H groups in total. The zero-order valence-corrected chi connectivity index (χ0v) is 10.2. The van der Waals surface area contributed by atoms with Crippen LogP contribution in [0.15, 0.2) is 0 Å². The lowest BCUT2D eigenvalue weighted by Crippen LogP contribution is -2.44. The van der Waals surface area contributed by atoms with Crippen LogP contribution in [0, 0.1) is 0 Å². The summed E-state index contributed by atoms with van der Waals surface area (Å²) in [5.41, 5.74) is 0. The van der Waals surface area contributed by atoms with Crippen LogP contribution in [0.25, 0.3) is 0 Å². The van der Waals surface area contributed by atoms with E-state index < -0.39 is 0 Å². The van der Waals surface area contributed by atoms with E-state index in [0.717, 1.165) is 25.9 Å². The van der Waals surface area contributed by atoms with Gasteiger partial charge in [0.25, 0.3) is 0 Å². The maximum Gasteiger partial charge on any atom is 0.322 e. The van der Waals surface area contributed by atoms with E-state index in [4.69, 9.17) is 0 Å². The maximum absolute atomic E-state index is 11.8. The predicted octanol–water partition coefficient (Wildman–Crippen LogP) is 0.102. The molecule has 1 aliphatic heterocycles. The second-order valence-electron chi connectivity index (χ2n) is 4.20. The Bertz CT molecular complexity index is 262. The molecule has 0 aromatic heterocycles. The summed E-state index contributed by atoms with van der Waals surface area (Å²) in [5.74, 6) is -0.215. The van der Waals surface area contributed by atoms with E-state index in [1.165, 1.54) is 7.11 Å². The van der Waals surface area contributed by atoms with E-state index in [1.54, 1.807) is 18.9 Å². The number of likely N-dealkylation sites (tertiary alicyclic amines) is 1. The molecule has 1 saturated heterocycles. The highest BCUT2D eigenvalue weighted by Gasteiger charge is 2.24. The number of hydrogen-bond acceptors (Lipinski definition) is 4. The van der Waals surface area contributed by atoms with Crippen molar-refractivity contribution in [3.63, 3.8) is 0 Å². The minimum absolute atomic E-state index is 0.0933. The predicted molar refractivity (Wildman–Crippen MR) is 59.9 cm³/mol. The minimum Gasteiger partial charge on any atom is -0.468 e. The van der Waals surface area contributed by atoms with E-state index in [0.29, 0.717) is 0 Å². The molecule has 0 aliphatic carbocycles. The second kappa shape index (κ2) is 5.84. The van der Waals surface area contributed by atoms with Crippen molar-refractivity contribution in [2.45, 2.75) is 25.8 Å². The van der Waals surface area contributed by atoms with Crippen molar-refractivity contribution in [3.8, 4) is 0 Å². The summed E-state index contributed by atoms with van der Waals surface area (Å²) in [6.45, 7) is 3.71. The number of likely N-dealkylation sites (N-methyl/N-ethyl adjacent to an activating group) is 1. The van der Waals surface area contributed by atoms with Gasteiger partial charge in [-0.2, -0.15) is 0 Å². The highest BCUT2D eigenvalue weighted by atomic mass is 16.5. The van der Waals surface area contributed by atoms with Crippen LogP contribution in [0.4, 0.5) is 0 Å². The molecule has 1 aliphatic rings. The Morgan fingerprint density at radius 2 is 1.94 bits per heavy atom. The molecular formula is C11H20N2O3. The molecule has 0 radical (unpaired) electrons. The van der Waals surface area contributed by atoms with Crippen molar-refractivity contribution in [3.05, 3.63) is 0 Å². The number of hydrogen-bond donors (Lipinski definition) is 0. The first-order chi connectivity index (χ1) is 7.56. The normalized spacial score (nSPS) is 17.6. The fraction of sp³-hybridized carbons (Fsp3) is 0.818. The molecular weight excluding hydrogens is 208 g/mol. The zero-order valence-electron chi connectivity index (χ0n) is 10.2. The standard InChI is InChI=1S/C11H20N2O3/c1-9(11(15)16-3)12(2)8-10(14)13-6-4-5-7-13/h9H,4-8H2,1-3H3. The van der Waals surface area contributed by atoms with Gasteiger partial charge in [0, 0.05) is 13.1 Å². The lowest BCUT2D eigenvalue weighted by atomic mass is 10.3. The van der Waals surface area contributed by atoms with Gasteiger partial charge in [0.1, 0.15) is 6.04 Å². The van der Waals surface area contributed by atoms with E-state index in [1.807, 2.05) is 4.90 Å². The third kappa shape index (κ3) is 3.20. The van der Waals surface area contributed by atoms with Crippen molar-refractivity contribution in [2.75, 3.05) is 33.8 Å². The highest BCUT2D eigenvalue weighted by Crippen LogP contribution is 2.08. The quantitative estimate of drug-likeness (QED) is 0.640. The van der Waals surface area contributed by atoms with Gasteiger partial charge in [-0.05, 0) is 26.8 Å². The van der Waals surface area contributed by atoms with Crippen LogP contribution in [0.5, 0.6) is 0 Å². The van der Waals surface area contributed by atoms with E-state index in [-0.39, 0.29) is 24.5 Å². The Balaban J connectivity index is 2.40. The zero-order chi connectivity index (χ0) is 12.1. The van der Waals surface area contributed by atoms with E-state index in [9.17, 15) is 9.59 Å². The van der Waals surface area contributed by atoms with Crippen LogP contribution in [0.2, 0.25) is 0 Å². The largest absolute Gasteiger partial charge is 0.468 e. The van der Waals surface area contributed by atoms with Gasteiger partial charge in [-0.3, -0.25) is 14.5 Å². The molecule has 0 bridgehead atoms. The molecule has 1 amide bonds. The van der Waals surface area contributed by atoms with Crippen LogP contribution in [-0.2, 0) is 14.3 Å². The molecule has 0 aromatic rings. The number of esters is 1. The number of rotatable bonds is 4. The van der Waals surface area contributed by atoms with Crippen molar-refractivity contribution in [1.29, 1.82) is 0 Å². The summed E-state index contributed by atoms with van der Waals surface area (Å²) in [4.78, 5) is 26.6. The molecule has 0 aromatic carbocycles. The number of amides is 1. The Morgan fingerprint density at radius 3 is 2.44 bits per heavy atom. The van der Waals surface area contributed by atoms with Gasteiger partial charge in [0.05, 0.1) is 13.7 Å². The first-order valence-corrected chi connectivity index (χ1v) is 5.62. The number of carbonyl (C=O) groups excluding carboxylic acids is 2.